The number of nitrogens with zero attached hydrogens (tertiary/aromatic N) is 1. The van der Waals surface area contributed by atoms with Crippen LogP contribution in [0.3, 0.4) is 0 Å². The van der Waals surface area contributed by atoms with E-state index >= 15 is 0 Å². The lowest BCUT2D eigenvalue weighted by Gasteiger charge is -2.34. The van der Waals surface area contributed by atoms with Crippen LogP contribution in [0.15, 0.2) is 66.7 Å². The van der Waals surface area contributed by atoms with Gasteiger partial charge in [-0.3, -0.25) is 19.2 Å². The normalized spacial score (nSPS) is 20.4. The molecule has 0 spiro atoms. The maximum Gasteiger partial charge on any atom is 0.258 e. The number of anilines is 1. The van der Waals surface area contributed by atoms with Crippen LogP contribution in [-0.4, -0.2) is 86.8 Å². The minimum absolute atomic E-state index is 0.138. The van der Waals surface area contributed by atoms with Crippen molar-refractivity contribution in [1.29, 1.82) is 0 Å². The number of amides is 4. The molecule has 13 heteroatoms. The molecule has 0 saturated carbocycles. The summed E-state index contributed by atoms with van der Waals surface area (Å²) in [5.74, 6) is -1.41. The summed E-state index contributed by atoms with van der Waals surface area (Å²) in [5.41, 5.74) is 9.90. The molecule has 0 radical (unpaired) electrons. The number of carbonyl (C=O) groups is 4. The molecule has 5 atom stereocenters. The smallest absolute Gasteiger partial charge is 0.258 e. The van der Waals surface area contributed by atoms with Gasteiger partial charge in [-0.15, -0.1) is 11.8 Å². The molecule has 12 nitrogen and oxygen atoms in total. The van der Waals surface area contributed by atoms with Crippen LogP contribution in [0.1, 0.15) is 47.7 Å². The van der Waals surface area contributed by atoms with Gasteiger partial charge < -0.3 is 41.5 Å². The zero-order valence-electron chi connectivity index (χ0n) is 28.6. The maximum absolute atomic E-state index is 14.1. The first-order chi connectivity index (χ1) is 23.8. The number of aliphatic hydroxyl groups is 2. The Morgan fingerprint density at radius 3 is 2.36 bits per heavy atom. The Morgan fingerprint density at radius 1 is 1.02 bits per heavy atom. The molecule has 1 heterocycles. The van der Waals surface area contributed by atoms with E-state index in [-0.39, 0.29) is 24.7 Å². The first kappa shape index (κ1) is 36.8. The Hall–Kier alpha value is -4.43. The number of thioether (sulfide) groups is 1. The fourth-order valence-electron chi connectivity index (χ4n) is 6.69. The maximum atomic E-state index is 14.1. The second kappa shape index (κ2) is 15.6. The Bertz CT molecular complexity index is 1710. The molecule has 0 aromatic heterocycles. The molecule has 1 saturated heterocycles. The Kier molecular flexibility index (Phi) is 11.5. The number of rotatable bonds is 12. The molecule has 4 amide bonds. The molecule has 1 aliphatic heterocycles. The minimum Gasteiger partial charge on any atom is -0.483 e. The average Bonchev–Trinajstić information content (AvgIpc) is 3.57. The molecule has 0 bridgehead atoms. The van der Waals surface area contributed by atoms with E-state index in [4.69, 9.17) is 10.5 Å². The third-order valence-corrected chi connectivity index (χ3v) is 10.5. The summed E-state index contributed by atoms with van der Waals surface area (Å²) in [4.78, 5) is 54.4. The zero-order chi connectivity index (χ0) is 36.2. The first-order valence-electron chi connectivity index (χ1n) is 16.5. The molecular formula is C37H45N5O7S. The molecule has 3 aromatic rings. The van der Waals surface area contributed by atoms with Crippen LogP contribution >= 0.6 is 11.8 Å². The Morgan fingerprint density at radius 2 is 1.68 bits per heavy atom. The molecule has 2 aliphatic rings. The highest BCUT2D eigenvalue weighted by Gasteiger charge is 2.50. The van der Waals surface area contributed by atoms with Gasteiger partial charge in [0.25, 0.3) is 11.8 Å². The summed E-state index contributed by atoms with van der Waals surface area (Å²) in [6, 6.07) is 17.5. The Balaban J connectivity index is 1.31. The predicted octanol–water partition coefficient (Wildman–Crippen LogP) is 2.12. The van der Waals surface area contributed by atoms with Gasteiger partial charge in [-0.1, -0.05) is 54.6 Å². The van der Waals surface area contributed by atoms with Crippen molar-refractivity contribution in [3.05, 3.63) is 94.5 Å². The number of nitrogens with one attached hydrogen (secondary N) is 3. The Labute approximate surface area is 296 Å². The largest absolute Gasteiger partial charge is 0.483 e. The van der Waals surface area contributed by atoms with Gasteiger partial charge >= 0.3 is 0 Å². The number of carbonyl (C=O) groups excluding carboxylic acids is 4. The predicted molar refractivity (Wildman–Crippen MR) is 191 cm³/mol. The lowest BCUT2D eigenvalue weighted by atomic mass is 9.96. The lowest BCUT2D eigenvalue weighted by Crippen LogP contribution is -2.59. The number of ether oxygens (including phenoxy) is 1. The van der Waals surface area contributed by atoms with Gasteiger partial charge in [0.05, 0.1) is 30.6 Å². The highest BCUT2D eigenvalue weighted by Crippen LogP contribution is 2.41. The standard InChI is InChI=1S/C37H45N5O7S/c1-21-14-25(39-29(44)18-38)15-22(2)33(21)49-19-30(45)40-27(16-23-10-6-5-7-11-23)32(46)36(48)42-20-50-37(3,4)34(42)35(47)41-31-26-13-9-8-12-24(26)17-28(31)43/h5-15,27-28,31-32,34,43,46H,16-20,38H2,1-4H3,(H,39,44)(H,40,45)(H,41,47)/t27-,28+,31-,32-,34+/m0/s1. The van der Waals surface area contributed by atoms with Crippen molar-refractivity contribution in [3.8, 4) is 5.75 Å². The van der Waals surface area contributed by atoms with Crippen molar-refractivity contribution in [2.45, 2.75) is 75.6 Å². The molecule has 5 rings (SSSR count). The quantitative estimate of drug-likeness (QED) is 0.165. The minimum atomic E-state index is -1.68. The molecule has 7 N–H and O–H groups in total. The van der Waals surface area contributed by atoms with Gasteiger partial charge in [-0.05, 0) is 74.1 Å². The van der Waals surface area contributed by atoms with Crippen molar-refractivity contribution in [1.82, 2.24) is 15.5 Å². The van der Waals surface area contributed by atoms with E-state index in [2.05, 4.69) is 16.0 Å². The zero-order valence-corrected chi connectivity index (χ0v) is 29.5. The van der Waals surface area contributed by atoms with E-state index in [0.29, 0.717) is 29.0 Å². The number of benzene rings is 3. The van der Waals surface area contributed by atoms with Gasteiger partial charge in [0, 0.05) is 16.9 Å². The van der Waals surface area contributed by atoms with Crippen molar-refractivity contribution < 1.29 is 34.1 Å². The third kappa shape index (κ3) is 8.29. The van der Waals surface area contributed by atoms with E-state index in [1.807, 2.05) is 68.4 Å². The van der Waals surface area contributed by atoms with Crippen molar-refractivity contribution >= 4 is 41.1 Å². The topological polar surface area (TPSA) is 183 Å². The van der Waals surface area contributed by atoms with Crippen LogP contribution in [0.4, 0.5) is 5.69 Å². The average molecular weight is 704 g/mol. The number of hydrogen-bond donors (Lipinski definition) is 6. The van der Waals surface area contributed by atoms with Crippen LogP contribution in [0.2, 0.25) is 0 Å². The summed E-state index contributed by atoms with van der Waals surface area (Å²) in [7, 11) is 0. The SMILES string of the molecule is Cc1cc(NC(=O)CN)cc(C)c1OCC(=O)N[C@@H](Cc1ccccc1)[C@H](O)C(=O)N1CSC(C)(C)[C@H]1C(=O)N[C@H]1c2ccccc2C[C@H]1O. The second-order valence-corrected chi connectivity index (χ2v) is 14.9. The molecular weight excluding hydrogens is 659 g/mol. The van der Waals surface area contributed by atoms with Gasteiger partial charge in [-0.25, -0.2) is 0 Å². The van der Waals surface area contributed by atoms with Crippen molar-refractivity contribution in [3.63, 3.8) is 0 Å². The fourth-order valence-corrected chi connectivity index (χ4v) is 7.83. The summed E-state index contributed by atoms with van der Waals surface area (Å²) >= 11 is 1.41. The van der Waals surface area contributed by atoms with Crippen LogP contribution in [-0.2, 0) is 32.0 Å². The van der Waals surface area contributed by atoms with E-state index in [1.165, 1.54) is 16.7 Å². The fraction of sp³-hybridized carbons (Fsp3) is 0.405. The second-order valence-electron chi connectivity index (χ2n) is 13.3. The number of fused-ring (bicyclic) bond motifs is 1. The van der Waals surface area contributed by atoms with Crippen molar-refractivity contribution in [2.24, 2.45) is 5.73 Å². The van der Waals surface area contributed by atoms with Crippen LogP contribution in [0.25, 0.3) is 0 Å². The molecule has 266 valence electrons. The molecule has 1 fully saturated rings. The van der Waals surface area contributed by atoms with E-state index < -0.39 is 59.4 Å². The summed E-state index contributed by atoms with van der Waals surface area (Å²) < 4.78 is 5.17. The van der Waals surface area contributed by atoms with Crippen LogP contribution in [0, 0.1) is 13.8 Å². The van der Waals surface area contributed by atoms with Crippen LogP contribution in [0.5, 0.6) is 5.75 Å². The summed E-state index contributed by atoms with van der Waals surface area (Å²) in [5, 5.41) is 30.8. The lowest BCUT2D eigenvalue weighted by molar-refractivity contribution is -0.148. The van der Waals surface area contributed by atoms with Gasteiger partial charge in [0.15, 0.2) is 12.7 Å². The highest BCUT2D eigenvalue weighted by molar-refractivity contribution is 8.00. The monoisotopic (exact) mass is 703 g/mol. The number of nitrogens with two attached hydrogens (primary N) is 1. The molecule has 1 aliphatic carbocycles. The summed E-state index contributed by atoms with van der Waals surface area (Å²) in [6.07, 6.45) is -1.94. The van der Waals surface area contributed by atoms with Crippen molar-refractivity contribution in [2.75, 3.05) is 24.3 Å². The van der Waals surface area contributed by atoms with Gasteiger partial charge in [0.2, 0.25) is 11.8 Å². The molecule has 3 aromatic carbocycles. The highest BCUT2D eigenvalue weighted by atomic mass is 32.2. The third-order valence-electron chi connectivity index (χ3n) is 9.14. The van der Waals surface area contributed by atoms with E-state index in [0.717, 1.165) is 16.7 Å². The summed E-state index contributed by atoms with van der Waals surface area (Å²) in [6.45, 7) is 6.75. The van der Waals surface area contributed by atoms with Crippen LogP contribution < -0.4 is 26.4 Å². The molecule has 50 heavy (non-hydrogen) atoms. The number of aryl methyl sites for hydroxylation is 2. The number of aliphatic hydroxyl groups excluding tert-OH is 2. The van der Waals surface area contributed by atoms with Gasteiger partial charge in [0.1, 0.15) is 11.8 Å². The number of hydrogen-bond acceptors (Lipinski definition) is 9. The molecule has 0 unspecified atom stereocenters. The van der Waals surface area contributed by atoms with E-state index in [1.54, 1.807) is 26.0 Å². The van der Waals surface area contributed by atoms with E-state index in [9.17, 15) is 29.4 Å². The first-order valence-corrected chi connectivity index (χ1v) is 17.5. The van der Waals surface area contributed by atoms with Gasteiger partial charge in [-0.2, -0.15) is 0 Å².